The molecule has 1 fully saturated rings. The topological polar surface area (TPSA) is 57.6 Å². The van der Waals surface area contributed by atoms with Crippen LogP contribution in [0.4, 0.5) is 0 Å². The van der Waals surface area contributed by atoms with Crippen LogP contribution in [-0.2, 0) is 16.6 Å². The summed E-state index contributed by atoms with van der Waals surface area (Å²) in [6.07, 6.45) is 1.78. The first-order valence-corrected chi connectivity index (χ1v) is 7.99. The van der Waals surface area contributed by atoms with Crippen molar-refractivity contribution in [2.45, 2.75) is 38.2 Å². The van der Waals surface area contributed by atoms with Gasteiger partial charge in [-0.3, -0.25) is 0 Å². The van der Waals surface area contributed by atoms with Crippen LogP contribution in [-0.4, -0.2) is 30.9 Å². The number of hydrogen-bond acceptors (Lipinski definition) is 3. The van der Waals surface area contributed by atoms with E-state index in [9.17, 15) is 8.42 Å². The zero-order valence-corrected chi connectivity index (χ0v) is 12.3. The summed E-state index contributed by atoms with van der Waals surface area (Å²) in [5.41, 5.74) is 0.950. The van der Waals surface area contributed by atoms with Crippen LogP contribution < -0.4 is 0 Å². The predicted octanol–water partition coefficient (Wildman–Crippen LogP) is 1.99. The fourth-order valence-corrected chi connectivity index (χ4v) is 3.69. The molecular weight excluding hydrogens is 262 g/mol. The molecule has 1 heterocycles. The van der Waals surface area contributed by atoms with Gasteiger partial charge in [-0.2, -0.15) is 4.31 Å². The predicted molar refractivity (Wildman–Crippen MR) is 74.1 cm³/mol. The van der Waals surface area contributed by atoms with E-state index >= 15 is 0 Å². The molecule has 0 saturated carbocycles. The van der Waals surface area contributed by atoms with Crippen molar-refractivity contribution in [2.75, 3.05) is 13.1 Å². The molecule has 1 aromatic carbocycles. The lowest BCUT2D eigenvalue weighted by atomic mass is 9.83. The molecule has 0 amide bonds. The van der Waals surface area contributed by atoms with Crippen molar-refractivity contribution in [1.82, 2.24) is 4.31 Å². The van der Waals surface area contributed by atoms with Gasteiger partial charge in [0.25, 0.3) is 0 Å². The van der Waals surface area contributed by atoms with Gasteiger partial charge in [-0.1, -0.05) is 26.0 Å². The summed E-state index contributed by atoms with van der Waals surface area (Å²) < 4.78 is 26.5. The molecule has 1 saturated heterocycles. The molecule has 1 N–H and O–H groups in total. The molecule has 106 valence electrons. The van der Waals surface area contributed by atoms with Crippen molar-refractivity contribution in [3.63, 3.8) is 0 Å². The Bertz CT molecular complexity index is 524. The minimum atomic E-state index is -3.39. The van der Waals surface area contributed by atoms with E-state index in [2.05, 4.69) is 13.8 Å². The molecule has 19 heavy (non-hydrogen) atoms. The Morgan fingerprint density at radius 1 is 1.16 bits per heavy atom. The highest BCUT2D eigenvalue weighted by Gasteiger charge is 2.32. The first kappa shape index (κ1) is 14.5. The molecule has 5 heteroatoms. The lowest BCUT2D eigenvalue weighted by Gasteiger charge is -2.36. The van der Waals surface area contributed by atoms with Gasteiger partial charge in [-0.05, 0) is 36.0 Å². The number of piperidine rings is 1. The lowest BCUT2D eigenvalue weighted by molar-refractivity contribution is 0.196. The first-order chi connectivity index (χ1) is 8.85. The zero-order valence-electron chi connectivity index (χ0n) is 11.5. The van der Waals surface area contributed by atoms with E-state index in [0.29, 0.717) is 18.0 Å². The second-order valence-corrected chi connectivity index (χ2v) is 7.81. The summed E-state index contributed by atoms with van der Waals surface area (Å²) in [6, 6.07) is 6.45. The molecule has 4 nitrogen and oxygen atoms in total. The monoisotopic (exact) mass is 283 g/mol. The van der Waals surface area contributed by atoms with Crippen molar-refractivity contribution >= 4 is 10.0 Å². The van der Waals surface area contributed by atoms with Gasteiger partial charge in [-0.15, -0.1) is 0 Å². The lowest BCUT2D eigenvalue weighted by Crippen LogP contribution is -2.41. The Kier molecular flexibility index (Phi) is 3.99. The van der Waals surface area contributed by atoms with Crippen molar-refractivity contribution in [2.24, 2.45) is 5.41 Å². The minimum absolute atomic E-state index is 0.0712. The van der Waals surface area contributed by atoms with Crippen LogP contribution in [0.1, 0.15) is 32.3 Å². The molecule has 2 rings (SSSR count). The summed E-state index contributed by atoms with van der Waals surface area (Å²) in [4.78, 5) is 0.310. The largest absolute Gasteiger partial charge is 0.392 e. The van der Waals surface area contributed by atoms with E-state index in [1.165, 1.54) is 0 Å². The van der Waals surface area contributed by atoms with E-state index in [4.69, 9.17) is 5.11 Å². The Morgan fingerprint density at radius 2 is 1.68 bits per heavy atom. The van der Waals surface area contributed by atoms with E-state index in [0.717, 1.165) is 18.4 Å². The van der Waals surface area contributed by atoms with Gasteiger partial charge in [0.2, 0.25) is 10.0 Å². The highest BCUT2D eigenvalue weighted by Crippen LogP contribution is 2.32. The Labute approximate surface area is 115 Å². The quantitative estimate of drug-likeness (QED) is 0.923. The normalized spacial score (nSPS) is 20.4. The van der Waals surface area contributed by atoms with Crippen molar-refractivity contribution in [1.29, 1.82) is 0 Å². The van der Waals surface area contributed by atoms with Gasteiger partial charge in [0.15, 0.2) is 0 Å². The number of sulfonamides is 1. The standard InChI is InChI=1S/C14H21NO3S/c1-14(2)7-9-15(10-8-14)19(17,18)13-5-3-12(11-16)4-6-13/h3-6,16H,7-11H2,1-2H3. The number of rotatable bonds is 3. The third-order valence-electron chi connectivity index (χ3n) is 3.82. The van der Waals surface area contributed by atoms with E-state index in [1.807, 2.05) is 0 Å². The molecular formula is C14H21NO3S. The number of aliphatic hydroxyl groups is 1. The fraction of sp³-hybridized carbons (Fsp3) is 0.571. The minimum Gasteiger partial charge on any atom is -0.392 e. The maximum atomic E-state index is 12.5. The maximum absolute atomic E-state index is 12.5. The highest BCUT2D eigenvalue weighted by atomic mass is 32.2. The van der Waals surface area contributed by atoms with Gasteiger partial charge in [0.1, 0.15) is 0 Å². The van der Waals surface area contributed by atoms with Crippen LogP contribution in [0.2, 0.25) is 0 Å². The molecule has 0 atom stereocenters. The molecule has 1 aliphatic rings. The Balaban J connectivity index is 2.18. The van der Waals surface area contributed by atoms with Gasteiger partial charge < -0.3 is 5.11 Å². The van der Waals surface area contributed by atoms with Crippen LogP contribution in [0.5, 0.6) is 0 Å². The maximum Gasteiger partial charge on any atom is 0.243 e. The summed E-state index contributed by atoms with van der Waals surface area (Å²) in [5.74, 6) is 0. The zero-order chi connectivity index (χ0) is 14.1. The van der Waals surface area contributed by atoms with Gasteiger partial charge >= 0.3 is 0 Å². The number of aliphatic hydroxyl groups excluding tert-OH is 1. The molecule has 0 radical (unpaired) electrons. The Hall–Kier alpha value is -0.910. The van der Waals surface area contributed by atoms with E-state index in [1.54, 1.807) is 28.6 Å². The SMILES string of the molecule is CC1(C)CCN(S(=O)(=O)c2ccc(CO)cc2)CC1. The summed E-state index contributed by atoms with van der Waals surface area (Å²) in [5, 5.41) is 8.98. The summed E-state index contributed by atoms with van der Waals surface area (Å²) in [7, 11) is -3.39. The number of nitrogens with zero attached hydrogens (tertiary/aromatic N) is 1. The van der Waals surface area contributed by atoms with E-state index < -0.39 is 10.0 Å². The molecule has 0 unspecified atom stereocenters. The average Bonchev–Trinajstić information content (AvgIpc) is 2.38. The molecule has 1 aliphatic heterocycles. The van der Waals surface area contributed by atoms with E-state index in [-0.39, 0.29) is 12.0 Å². The smallest absolute Gasteiger partial charge is 0.243 e. The van der Waals surface area contributed by atoms with Crippen LogP contribution in [0, 0.1) is 5.41 Å². The van der Waals surface area contributed by atoms with Gasteiger partial charge in [-0.25, -0.2) is 8.42 Å². The molecule has 0 bridgehead atoms. The third kappa shape index (κ3) is 3.16. The average molecular weight is 283 g/mol. The van der Waals surface area contributed by atoms with Gasteiger partial charge in [0, 0.05) is 13.1 Å². The summed E-state index contributed by atoms with van der Waals surface area (Å²) in [6.45, 7) is 5.44. The van der Waals surface area contributed by atoms with Crippen LogP contribution in [0.25, 0.3) is 0 Å². The molecule has 0 aromatic heterocycles. The second kappa shape index (κ2) is 5.23. The second-order valence-electron chi connectivity index (χ2n) is 5.87. The van der Waals surface area contributed by atoms with Crippen LogP contribution in [0.15, 0.2) is 29.2 Å². The van der Waals surface area contributed by atoms with Crippen LogP contribution in [0.3, 0.4) is 0 Å². The van der Waals surface area contributed by atoms with Crippen LogP contribution >= 0.6 is 0 Å². The first-order valence-electron chi connectivity index (χ1n) is 6.55. The fourth-order valence-electron chi connectivity index (χ4n) is 2.25. The molecule has 0 spiro atoms. The Morgan fingerprint density at radius 3 is 2.16 bits per heavy atom. The third-order valence-corrected chi connectivity index (χ3v) is 5.73. The molecule has 1 aromatic rings. The van der Waals surface area contributed by atoms with Gasteiger partial charge in [0.05, 0.1) is 11.5 Å². The summed E-state index contributed by atoms with van der Waals surface area (Å²) >= 11 is 0. The van der Waals surface area contributed by atoms with Crippen molar-refractivity contribution in [3.8, 4) is 0 Å². The van der Waals surface area contributed by atoms with Crippen molar-refractivity contribution in [3.05, 3.63) is 29.8 Å². The molecule has 0 aliphatic carbocycles. The number of hydrogen-bond donors (Lipinski definition) is 1. The highest BCUT2D eigenvalue weighted by molar-refractivity contribution is 7.89. The van der Waals surface area contributed by atoms with Crippen molar-refractivity contribution < 1.29 is 13.5 Å². The number of benzene rings is 1.